The lowest BCUT2D eigenvalue weighted by atomic mass is 10.2. The summed E-state index contributed by atoms with van der Waals surface area (Å²) in [6, 6.07) is 0. The van der Waals surface area contributed by atoms with Crippen molar-refractivity contribution in [2.45, 2.75) is 24.9 Å². The first-order chi connectivity index (χ1) is 9.06. The Morgan fingerprint density at radius 1 is 1.63 bits per heavy atom. The summed E-state index contributed by atoms with van der Waals surface area (Å²) in [4.78, 5) is 15.3. The van der Waals surface area contributed by atoms with Crippen molar-refractivity contribution in [3.05, 3.63) is 16.7 Å². The Labute approximate surface area is 109 Å². The average Bonchev–Trinajstić information content (AvgIpc) is 2.77. The van der Waals surface area contributed by atoms with Crippen LogP contribution in [0, 0.1) is 0 Å². The van der Waals surface area contributed by atoms with Crippen LogP contribution in [-0.2, 0) is 14.2 Å². The summed E-state index contributed by atoms with van der Waals surface area (Å²) in [7, 11) is 3.13. The van der Waals surface area contributed by atoms with Crippen LogP contribution in [0.5, 0.6) is 5.75 Å². The second-order valence-corrected chi connectivity index (χ2v) is 4.30. The minimum atomic E-state index is -0.576. The number of hydrogen-bond donors (Lipinski definition) is 2. The average molecular weight is 271 g/mol. The lowest BCUT2D eigenvalue weighted by Gasteiger charge is -2.16. The Balaban J connectivity index is 2.24. The Hall–Kier alpha value is -1.64. The maximum absolute atomic E-state index is 11.7. The van der Waals surface area contributed by atoms with E-state index in [2.05, 4.69) is 4.98 Å². The van der Waals surface area contributed by atoms with Crippen LogP contribution in [0.4, 0.5) is 5.82 Å². The Morgan fingerprint density at radius 2 is 2.37 bits per heavy atom. The highest BCUT2D eigenvalue weighted by molar-refractivity contribution is 5.41. The van der Waals surface area contributed by atoms with E-state index in [1.807, 2.05) is 0 Å². The van der Waals surface area contributed by atoms with Gasteiger partial charge in [0.2, 0.25) is 0 Å². The molecule has 0 spiro atoms. The van der Waals surface area contributed by atoms with Crippen molar-refractivity contribution in [3.8, 4) is 5.75 Å². The molecule has 1 aromatic heterocycles. The molecule has 106 valence electrons. The van der Waals surface area contributed by atoms with E-state index in [0.717, 1.165) is 0 Å². The van der Waals surface area contributed by atoms with Gasteiger partial charge in [0.15, 0.2) is 11.6 Å². The first-order valence-electron chi connectivity index (χ1n) is 5.81. The quantitative estimate of drug-likeness (QED) is 0.758. The van der Waals surface area contributed by atoms with Crippen LogP contribution in [0.2, 0.25) is 0 Å². The van der Waals surface area contributed by atoms with Gasteiger partial charge >= 0.3 is 5.69 Å². The number of aromatic nitrogens is 2. The molecular weight excluding hydrogens is 254 g/mol. The maximum atomic E-state index is 11.7. The van der Waals surface area contributed by atoms with E-state index in [0.29, 0.717) is 13.0 Å². The molecule has 0 saturated carbocycles. The number of rotatable bonds is 4. The normalized spacial score (nSPS) is 26.7. The van der Waals surface area contributed by atoms with E-state index in [1.54, 1.807) is 14.2 Å². The number of nitrogens with zero attached hydrogens (tertiary/aromatic N) is 2. The highest BCUT2D eigenvalue weighted by Crippen LogP contribution is 2.30. The van der Waals surface area contributed by atoms with Crippen molar-refractivity contribution in [1.29, 1.82) is 0 Å². The van der Waals surface area contributed by atoms with E-state index < -0.39 is 11.9 Å². The fraction of sp³-hybridized carbons (Fsp3) is 0.636. The molecule has 2 rings (SSSR count). The second kappa shape index (κ2) is 5.55. The van der Waals surface area contributed by atoms with Crippen LogP contribution in [-0.4, -0.2) is 47.7 Å². The number of nitrogen functional groups attached to an aromatic ring is 1. The van der Waals surface area contributed by atoms with Gasteiger partial charge in [0.05, 0.1) is 18.9 Å². The fourth-order valence-corrected chi connectivity index (χ4v) is 2.11. The van der Waals surface area contributed by atoms with Crippen LogP contribution < -0.4 is 11.4 Å². The van der Waals surface area contributed by atoms with Gasteiger partial charge in [-0.2, -0.15) is 4.98 Å². The maximum Gasteiger partial charge on any atom is 0.351 e. The van der Waals surface area contributed by atoms with Gasteiger partial charge in [-0.25, -0.2) is 4.79 Å². The molecule has 3 N–H and O–H groups in total. The number of ether oxygens (including phenoxy) is 3. The molecule has 2 heterocycles. The summed E-state index contributed by atoms with van der Waals surface area (Å²) in [6.45, 7) is 0.359. The third-order valence-electron chi connectivity index (χ3n) is 3.09. The van der Waals surface area contributed by atoms with Gasteiger partial charge in [-0.15, -0.1) is 0 Å². The highest BCUT2D eigenvalue weighted by atomic mass is 16.6. The predicted octanol–water partition coefficient (Wildman–Crippen LogP) is -0.520. The Morgan fingerprint density at radius 3 is 3.00 bits per heavy atom. The fourth-order valence-electron chi connectivity index (χ4n) is 2.11. The summed E-state index contributed by atoms with van der Waals surface area (Å²) in [6.07, 6.45) is 0.673. The molecule has 1 saturated heterocycles. The first-order valence-corrected chi connectivity index (χ1v) is 5.81. The topological polar surface area (TPSA) is 109 Å². The summed E-state index contributed by atoms with van der Waals surface area (Å²) in [5.41, 5.74) is 4.78. The van der Waals surface area contributed by atoms with E-state index in [-0.39, 0.29) is 23.8 Å². The monoisotopic (exact) mass is 271 g/mol. The van der Waals surface area contributed by atoms with E-state index in [9.17, 15) is 9.90 Å². The molecule has 1 fully saturated rings. The van der Waals surface area contributed by atoms with Gasteiger partial charge in [0.25, 0.3) is 0 Å². The van der Waals surface area contributed by atoms with Crippen LogP contribution >= 0.6 is 0 Å². The number of aromatic hydroxyl groups is 1. The highest BCUT2D eigenvalue weighted by Gasteiger charge is 2.37. The molecule has 1 aliphatic rings. The zero-order chi connectivity index (χ0) is 14.0. The molecule has 0 amide bonds. The minimum Gasteiger partial charge on any atom is -0.503 e. The Kier molecular flexibility index (Phi) is 4.03. The Bertz CT molecular complexity index is 504. The van der Waals surface area contributed by atoms with E-state index in [1.165, 1.54) is 10.8 Å². The SMILES string of the molecule is COC[C@H]1O[C@@H](n2cc(O)c(N)nc2=O)C[C@@H]1OC. The third kappa shape index (κ3) is 2.70. The second-order valence-electron chi connectivity index (χ2n) is 4.30. The lowest BCUT2D eigenvalue weighted by Crippen LogP contribution is -2.28. The molecule has 0 unspecified atom stereocenters. The summed E-state index contributed by atoms with van der Waals surface area (Å²) < 4.78 is 17.2. The molecule has 1 aromatic rings. The molecule has 3 atom stereocenters. The standard InChI is InChI=1S/C11H17N3O5/c1-17-5-8-7(18-2)3-9(19-8)14-4-6(15)10(12)13-11(14)16/h4,7-9,15H,3,5H2,1-2H3,(H2,12,13,16)/t7-,8+,9+/m0/s1. The summed E-state index contributed by atoms with van der Waals surface area (Å²) >= 11 is 0. The number of anilines is 1. The van der Waals surface area contributed by atoms with Gasteiger partial charge in [-0.05, 0) is 0 Å². The van der Waals surface area contributed by atoms with Crippen LogP contribution in [0.25, 0.3) is 0 Å². The van der Waals surface area contributed by atoms with Crippen molar-refractivity contribution in [2.75, 3.05) is 26.6 Å². The smallest absolute Gasteiger partial charge is 0.351 e. The molecular formula is C11H17N3O5. The van der Waals surface area contributed by atoms with Gasteiger partial charge < -0.3 is 25.1 Å². The number of methoxy groups -OCH3 is 2. The van der Waals surface area contributed by atoms with Crippen LogP contribution in [0.1, 0.15) is 12.6 Å². The molecule has 8 heteroatoms. The zero-order valence-electron chi connectivity index (χ0n) is 10.8. The number of nitrogens with two attached hydrogens (primary N) is 1. The van der Waals surface area contributed by atoms with Gasteiger partial charge in [0.1, 0.15) is 12.3 Å². The summed E-state index contributed by atoms with van der Waals surface area (Å²) in [5, 5.41) is 9.52. The predicted molar refractivity (Wildman–Crippen MR) is 65.8 cm³/mol. The molecule has 8 nitrogen and oxygen atoms in total. The zero-order valence-corrected chi connectivity index (χ0v) is 10.8. The molecule has 0 radical (unpaired) electrons. The summed E-state index contributed by atoms with van der Waals surface area (Å²) in [5.74, 6) is -0.455. The van der Waals surface area contributed by atoms with Crippen LogP contribution in [0.3, 0.4) is 0 Å². The molecule has 0 aromatic carbocycles. The molecule has 1 aliphatic heterocycles. The van der Waals surface area contributed by atoms with Crippen molar-refractivity contribution in [3.63, 3.8) is 0 Å². The van der Waals surface area contributed by atoms with Gasteiger partial charge in [-0.1, -0.05) is 0 Å². The van der Waals surface area contributed by atoms with Crippen molar-refractivity contribution in [1.82, 2.24) is 9.55 Å². The molecule has 0 aliphatic carbocycles. The lowest BCUT2D eigenvalue weighted by molar-refractivity contribution is -0.0618. The first kappa shape index (κ1) is 13.8. The third-order valence-corrected chi connectivity index (χ3v) is 3.09. The van der Waals surface area contributed by atoms with Gasteiger partial charge in [-0.3, -0.25) is 4.57 Å². The van der Waals surface area contributed by atoms with E-state index in [4.69, 9.17) is 19.9 Å². The molecule has 19 heavy (non-hydrogen) atoms. The van der Waals surface area contributed by atoms with Crippen molar-refractivity contribution in [2.24, 2.45) is 0 Å². The van der Waals surface area contributed by atoms with E-state index >= 15 is 0 Å². The van der Waals surface area contributed by atoms with Crippen LogP contribution in [0.15, 0.2) is 11.0 Å². The molecule has 0 bridgehead atoms. The van der Waals surface area contributed by atoms with Gasteiger partial charge in [0, 0.05) is 20.6 Å². The van der Waals surface area contributed by atoms with Crippen molar-refractivity contribution >= 4 is 5.82 Å². The number of hydrogen-bond acceptors (Lipinski definition) is 7. The largest absolute Gasteiger partial charge is 0.503 e. The minimum absolute atomic E-state index is 0.184. The van der Waals surface area contributed by atoms with Crippen molar-refractivity contribution < 1.29 is 19.3 Å².